The van der Waals surface area contributed by atoms with E-state index in [1.54, 1.807) is 0 Å². The molecule has 18 heavy (non-hydrogen) atoms. The summed E-state index contributed by atoms with van der Waals surface area (Å²) in [6.07, 6.45) is 3.24. The molecule has 0 aromatic heterocycles. The van der Waals surface area contributed by atoms with Crippen LogP contribution in [0.25, 0.3) is 0 Å². The van der Waals surface area contributed by atoms with E-state index in [0.717, 1.165) is 19.6 Å². The molecule has 1 heterocycles. The minimum Gasteiger partial charge on any atom is -0.356 e. The molecule has 4 nitrogen and oxygen atoms in total. The second-order valence-corrected chi connectivity index (χ2v) is 5.78. The van der Waals surface area contributed by atoms with Gasteiger partial charge in [0.2, 0.25) is 5.91 Å². The van der Waals surface area contributed by atoms with Crippen molar-refractivity contribution >= 4 is 5.91 Å². The maximum Gasteiger partial charge on any atom is 0.221 e. The molecule has 1 fully saturated rings. The number of carbonyl (C=O) groups excluding carboxylic acids is 1. The van der Waals surface area contributed by atoms with E-state index in [0.29, 0.717) is 18.4 Å². The first-order chi connectivity index (χ1) is 8.58. The van der Waals surface area contributed by atoms with E-state index >= 15 is 0 Å². The molecule has 1 atom stereocenters. The minimum atomic E-state index is 0.163. The molecule has 4 heteroatoms. The van der Waals surface area contributed by atoms with Crippen LogP contribution in [0.15, 0.2) is 0 Å². The van der Waals surface area contributed by atoms with Crippen LogP contribution in [-0.4, -0.2) is 49.6 Å². The fourth-order valence-corrected chi connectivity index (χ4v) is 2.32. The quantitative estimate of drug-likeness (QED) is 0.685. The van der Waals surface area contributed by atoms with Gasteiger partial charge in [-0.15, -0.1) is 0 Å². The lowest BCUT2D eigenvalue weighted by molar-refractivity contribution is -0.121. The van der Waals surface area contributed by atoms with Gasteiger partial charge in [-0.25, -0.2) is 0 Å². The van der Waals surface area contributed by atoms with Crippen LogP contribution in [-0.2, 0) is 4.79 Å². The van der Waals surface area contributed by atoms with E-state index in [-0.39, 0.29) is 5.91 Å². The molecule has 1 saturated heterocycles. The summed E-state index contributed by atoms with van der Waals surface area (Å²) < 4.78 is 0. The summed E-state index contributed by atoms with van der Waals surface area (Å²) in [6.45, 7) is 11.6. The van der Waals surface area contributed by atoms with Gasteiger partial charge in [-0.3, -0.25) is 4.79 Å². The third kappa shape index (κ3) is 6.97. The minimum absolute atomic E-state index is 0.163. The van der Waals surface area contributed by atoms with Crippen molar-refractivity contribution in [3.63, 3.8) is 0 Å². The van der Waals surface area contributed by atoms with Crippen molar-refractivity contribution in [3.8, 4) is 0 Å². The van der Waals surface area contributed by atoms with Crippen LogP contribution < -0.4 is 10.6 Å². The van der Waals surface area contributed by atoms with Crippen molar-refractivity contribution in [1.82, 2.24) is 15.5 Å². The summed E-state index contributed by atoms with van der Waals surface area (Å²) in [6, 6.07) is 0.451. The van der Waals surface area contributed by atoms with Crippen molar-refractivity contribution in [2.45, 2.75) is 46.1 Å². The number of rotatable bonds is 8. The van der Waals surface area contributed by atoms with Crippen LogP contribution in [0.3, 0.4) is 0 Å². The lowest BCUT2D eigenvalue weighted by atomic mass is 10.1. The van der Waals surface area contributed by atoms with Gasteiger partial charge in [0.15, 0.2) is 0 Å². The zero-order valence-corrected chi connectivity index (χ0v) is 12.2. The Morgan fingerprint density at radius 2 is 1.89 bits per heavy atom. The van der Waals surface area contributed by atoms with Crippen molar-refractivity contribution in [2.24, 2.45) is 5.92 Å². The molecule has 1 amide bonds. The SMILES string of the molecule is CC(CNC(=O)CCNC(C)C)CN1CCCC1. The number of nitrogens with one attached hydrogen (secondary N) is 2. The van der Waals surface area contributed by atoms with Gasteiger partial charge in [0.1, 0.15) is 0 Å². The molecule has 106 valence electrons. The first kappa shape index (κ1) is 15.4. The monoisotopic (exact) mass is 255 g/mol. The fourth-order valence-electron chi connectivity index (χ4n) is 2.32. The number of hydrogen-bond donors (Lipinski definition) is 2. The molecule has 1 aliphatic heterocycles. The van der Waals surface area contributed by atoms with E-state index < -0.39 is 0 Å². The molecular weight excluding hydrogens is 226 g/mol. The second-order valence-electron chi connectivity index (χ2n) is 5.78. The third-order valence-electron chi connectivity index (χ3n) is 3.32. The van der Waals surface area contributed by atoms with Crippen LogP contribution in [0.4, 0.5) is 0 Å². The smallest absolute Gasteiger partial charge is 0.221 e. The molecule has 1 rings (SSSR count). The van der Waals surface area contributed by atoms with Crippen LogP contribution in [0.1, 0.15) is 40.0 Å². The summed E-state index contributed by atoms with van der Waals surface area (Å²) in [5.74, 6) is 0.710. The first-order valence-corrected chi connectivity index (χ1v) is 7.30. The molecule has 0 saturated carbocycles. The number of likely N-dealkylation sites (tertiary alicyclic amines) is 1. The molecule has 0 radical (unpaired) electrons. The molecule has 1 aliphatic rings. The van der Waals surface area contributed by atoms with Crippen molar-refractivity contribution in [2.75, 3.05) is 32.7 Å². The Kier molecular flexibility index (Phi) is 7.28. The average molecular weight is 255 g/mol. The highest BCUT2D eigenvalue weighted by atomic mass is 16.1. The highest BCUT2D eigenvalue weighted by Crippen LogP contribution is 2.09. The van der Waals surface area contributed by atoms with Gasteiger partial charge in [0.25, 0.3) is 0 Å². The molecule has 0 aromatic rings. The summed E-state index contributed by atoms with van der Waals surface area (Å²) in [5, 5.41) is 6.28. The zero-order chi connectivity index (χ0) is 13.4. The van der Waals surface area contributed by atoms with E-state index in [2.05, 4.69) is 36.3 Å². The summed E-state index contributed by atoms with van der Waals surface area (Å²) in [4.78, 5) is 14.1. The van der Waals surface area contributed by atoms with E-state index in [4.69, 9.17) is 0 Å². The molecule has 2 N–H and O–H groups in total. The summed E-state index contributed by atoms with van der Waals surface area (Å²) in [7, 11) is 0. The Morgan fingerprint density at radius 1 is 1.22 bits per heavy atom. The summed E-state index contributed by atoms with van der Waals surface area (Å²) >= 11 is 0. The predicted octanol–water partition coefficient (Wildman–Crippen LogP) is 1.22. The van der Waals surface area contributed by atoms with E-state index in [1.165, 1.54) is 25.9 Å². The van der Waals surface area contributed by atoms with E-state index in [9.17, 15) is 4.79 Å². The van der Waals surface area contributed by atoms with Gasteiger partial charge in [-0.1, -0.05) is 20.8 Å². The van der Waals surface area contributed by atoms with Gasteiger partial charge in [-0.2, -0.15) is 0 Å². The maximum atomic E-state index is 11.6. The number of nitrogens with zero attached hydrogens (tertiary/aromatic N) is 1. The van der Waals surface area contributed by atoms with Gasteiger partial charge in [-0.05, 0) is 31.8 Å². The van der Waals surface area contributed by atoms with Gasteiger partial charge in [0, 0.05) is 32.1 Å². The lowest BCUT2D eigenvalue weighted by Crippen LogP contribution is -2.36. The molecule has 0 aliphatic carbocycles. The Balaban J connectivity index is 2.02. The lowest BCUT2D eigenvalue weighted by Gasteiger charge is -2.20. The van der Waals surface area contributed by atoms with Crippen molar-refractivity contribution < 1.29 is 4.79 Å². The van der Waals surface area contributed by atoms with Crippen LogP contribution in [0.2, 0.25) is 0 Å². The van der Waals surface area contributed by atoms with Crippen LogP contribution in [0.5, 0.6) is 0 Å². The Labute approximate surface area is 111 Å². The summed E-state index contributed by atoms with van der Waals surface area (Å²) in [5.41, 5.74) is 0. The maximum absolute atomic E-state index is 11.6. The number of hydrogen-bond acceptors (Lipinski definition) is 3. The van der Waals surface area contributed by atoms with Crippen LogP contribution >= 0.6 is 0 Å². The second kappa shape index (κ2) is 8.48. The standard InChI is InChI=1S/C14H29N3O/c1-12(2)15-7-6-14(18)16-10-13(3)11-17-8-4-5-9-17/h12-13,15H,4-11H2,1-3H3,(H,16,18). The first-order valence-electron chi connectivity index (χ1n) is 7.30. The van der Waals surface area contributed by atoms with Crippen molar-refractivity contribution in [1.29, 1.82) is 0 Å². The topological polar surface area (TPSA) is 44.4 Å². The molecule has 0 bridgehead atoms. The highest BCUT2D eigenvalue weighted by molar-refractivity contribution is 5.76. The Morgan fingerprint density at radius 3 is 2.50 bits per heavy atom. The normalized spacial score (nSPS) is 18.2. The third-order valence-corrected chi connectivity index (χ3v) is 3.32. The zero-order valence-electron chi connectivity index (χ0n) is 12.2. The van der Waals surface area contributed by atoms with Gasteiger partial charge in [0.05, 0.1) is 0 Å². The van der Waals surface area contributed by atoms with Gasteiger partial charge >= 0.3 is 0 Å². The largest absolute Gasteiger partial charge is 0.356 e. The highest BCUT2D eigenvalue weighted by Gasteiger charge is 2.14. The Bertz CT molecular complexity index is 237. The average Bonchev–Trinajstić information content (AvgIpc) is 2.78. The number of carbonyl (C=O) groups is 1. The number of amides is 1. The van der Waals surface area contributed by atoms with Crippen molar-refractivity contribution in [3.05, 3.63) is 0 Å². The predicted molar refractivity (Wildman–Crippen MR) is 75.6 cm³/mol. The molecule has 0 aromatic carbocycles. The molecule has 0 spiro atoms. The van der Waals surface area contributed by atoms with Gasteiger partial charge < -0.3 is 15.5 Å². The van der Waals surface area contributed by atoms with Crippen LogP contribution in [0, 0.1) is 5.92 Å². The Hall–Kier alpha value is -0.610. The molecule has 1 unspecified atom stereocenters. The fraction of sp³-hybridized carbons (Fsp3) is 0.929. The molecular formula is C14H29N3O. The van der Waals surface area contributed by atoms with E-state index in [1.807, 2.05) is 0 Å².